The summed E-state index contributed by atoms with van der Waals surface area (Å²) in [5, 5.41) is 10.5. The summed E-state index contributed by atoms with van der Waals surface area (Å²) in [5.41, 5.74) is 1.40. The molecule has 0 radical (unpaired) electrons. The summed E-state index contributed by atoms with van der Waals surface area (Å²) in [6.07, 6.45) is 1.57. The summed E-state index contributed by atoms with van der Waals surface area (Å²) in [6.45, 7) is 0. The first kappa shape index (κ1) is 11.9. The third kappa shape index (κ3) is 2.98. The van der Waals surface area contributed by atoms with E-state index in [2.05, 4.69) is 4.99 Å². The Labute approximate surface area is 103 Å². The number of rotatable bonds is 3. The fourth-order valence-electron chi connectivity index (χ4n) is 1.36. The zero-order valence-corrected chi connectivity index (χ0v) is 9.29. The van der Waals surface area contributed by atoms with E-state index in [1.54, 1.807) is 30.5 Å². The van der Waals surface area contributed by atoms with Crippen LogP contribution in [-0.4, -0.2) is 11.1 Å². The SMILES string of the molecule is O=[N+]([O-])c1ccc(C=Nc2ccc(F)cc2)cc1. The fraction of sp³-hybridized carbons (Fsp3) is 0. The van der Waals surface area contributed by atoms with Crippen molar-refractivity contribution in [2.24, 2.45) is 4.99 Å². The molecule has 4 nitrogen and oxygen atoms in total. The highest BCUT2D eigenvalue weighted by Gasteiger charge is 2.02. The van der Waals surface area contributed by atoms with Gasteiger partial charge >= 0.3 is 0 Å². The molecule has 0 unspecified atom stereocenters. The maximum absolute atomic E-state index is 12.7. The molecule has 90 valence electrons. The van der Waals surface area contributed by atoms with Gasteiger partial charge in [-0.25, -0.2) is 4.39 Å². The molecule has 2 aromatic carbocycles. The highest BCUT2D eigenvalue weighted by atomic mass is 19.1. The number of aliphatic imine (C=N–C) groups is 1. The molecule has 5 heteroatoms. The fourth-order valence-corrected chi connectivity index (χ4v) is 1.36. The van der Waals surface area contributed by atoms with E-state index in [0.717, 1.165) is 5.56 Å². The predicted molar refractivity (Wildman–Crippen MR) is 66.8 cm³/mol. The van der Waals surface area contributed by atoms with Crippen molar-refractivity contribution in [1.82, 2.24) is 0 Å². The van der Waals surface area contributed by atoms with Gasteiger partial charge in [0.05, 0.1) is 10.6 Å². The molecule has 0 spiro atoms. The standard InChI is InChI=1S/C13H9FN2O2/c14-11-3-5-12(6-4-11)15-9-10-1-7-13(8-2-10)16(17)18/h1-9H. The zero-order chi connectivity index (χ0) is 13.0. The van der Waals surface area contributed by atoms with Gasteiger partial charge in [0, 0.05) is 18.3 Å². The van der Waals surface area contributed by atoms with Crippen LogP contribution in [0.15, 0.2) is 53.5 Å². The second-order valence-corrected chi connectivity index (χ2v) is 3.58. The average Bonchev–Trinajstić information content (AvgIpc) is 2.38. The summed E-state index contributed by atoms with van der Waals surface area (Å²) < 4.78 is 12.7. The van der Waals surface area contributed by atoms with Gasteiger partial charge in [0.2, 0.25) is 0 Å². The Hall–Kier alpha value is -2.56. The van der Waals surface area contributed by atoms with Crippen molar-refractivity contribution < 1.29 is 9.31 Å². The predicted octanol–water partition coefficient (Wildman–Crippen LogP) is 3.48. The van der Waals surface area contributed by atoms with E-state index in [4.69, 9.17) is 0 Å². The number of halogens is 1. The molecule has 0 atom stereocenters. The van der Waals surface area contributed by atoms with Crippen LogP contribution in [0.4, 0.5) is 15.8 Å². The van der Waals surface area contributed by atoms with Gasteiger partial charge in [-0.3, -0.25) is 15.1 Å². The molecule has 0 saturated heterocycles. The van der Waals surface area contributed by atoms with Crippen molar-refractivity contribution in [3.05, 3.63) is 70.0 Å². The first-order valence-electron chi connectivity index (χ1n) is 5.19. The molecule has 2 aromatic rings. The molecule has 2 rings (SSSR count). The van der Waals surface area contributed by atoms with Crippen LogP contribution in [-0.2, 0) is 0 Å². The minimum Gasteiger partial charge on any atom is -0.258 e. The molecular weight excluding hydrogens is 235 g/mol. The van der Waals surface area contributed by atoms with Crippen LogP contribution in [0.2, 0.25) is 0 Å². The lowest BCUT2D eigenvalue weighted by Gasteiger charge is -1.95. The normalized spacial score (nSPS) is 10.7. The average molecular weight is 244 g/mol. The number of non-ortho nitro benzene ring substituents is 1. The summed E-state index contributed by atoms with van der Waals surface area (Å²) in [6, 6.07) is 11.8. The number of hydrogen-bond donors (Lipinski definition) is 0. The quantitative estimate of drug-likeness (QED) is 0.471. The first-order chi connectivity index (χ1) is 8.65. The lowest BCUT2D eigenvalue weighted by molar-refractivity contribution is -0.384. The Morgan fingerprint density at radius 3 is 2.22 bits per heavy atom. The van der Waals surface area contributed by atoms with Crippen LogP contribution >= 0.6 is 0 Å². The molecule has 0 aliphatic rings. The molecule has 18 heavy (non-hydrogen) atoms. The molecule has 0 saturated carbocycles. The van der Waals surface area contributed by atoms with Crippen LogP contribution in [0.3, 0.4) is 0 Å². The van der Waals surface area contributed by atoms with Crippen LogP contribution in [0, 0.1) is 15.9 Å². The molecule has 0 aliphatic carbocycles. The summed E-state index contributed by atoms with van der Waals surface area (Å²) in [7, 11) is 0. The maximum atomic E-state index is 12.7. The van der Waals surface area contributed by atoms with E-state index in [-0.39, 0.29) is 11.5 Å². The van der Waals surface area contributed by atoms with Gasteiger partial charge in [-0.05, 0) is 42.0 Å². The van der Waals surface area contributed by atoms with Crippen LogP contribution in [0.25, 0.3) is 0 Å². The smallest absolute Gasteiger partial charge is 0.258 e. The lowest BCUT2D eigenvalue weighted by atomic mass is 10.2. The highest BCUT2D eigenvalue weighted by Crippen LogP contribution is 2.14. The topological polar surface area (TPSA) is 55.5 Å². The molecule has 0 aliphatic heterocycles. The van der Waals surface area contributed by atoms with Crippen molar-refractivity contribution >= 4 is 17.6 Å². The van der Waals surface area contributed by atoms with Gasteiger partial charge in [0.15, 0.2) is 0 Å². The summed E-state index contributed by atoms with van der Waals surface area (Å²) in [4.78, 5) is 14.1. The van der Waals surface area contributed by atoms with Crippen LogP contribution in [0.1, 0.15) is 5.56 Å². The third-order valence-corrected chi connectivity index (χ3v) is 2.29. The van der Waals surface area contributed by atoms with E-state index in [9.17, 15) is 14.5 Å². The molecule has 0 bridgehead atoms. The van der Waals surface area contributed by atoms with Crippen molar-refractivity contribution in [1.29, 1.82) is 0 Å². The van der Waals surface area contributed by atoms with Gasteiger partial charge in [0.25, 0.3) is 5.69 Å². The monoisotopic (exact) mass is 244 g/mol. The second-order valence-electron chi connectivity index (χ2n) is 3.58. The molecule has 0 N–H and O–H groups in total. The molecule has 0 aromatic heterocycles. The minimum absolute atomic E-state index is 0.0360. The van der Waals surface area contributed by atoms with E-state index < -0.39 is 4.92 Å². The molecule has 0 heterocycles. The zero-order valence-electron chi connectivity index (χ0n) is 9.29. The Kier molecular flexibility index (Phi) is 3.43. The molecule has 0 amide bonds. The Morgan fingerprint density at radius 1 is 1.06 bits per heavy atom. The van der Waals surface area contributed by atoms with Crippen LogP contribution < -0.4 is 0 Å². The number of nitrogens with zero attached hydrogens (tertiary/aromatic N) is 2. The Bertz CT molecular complexity index is 577. The Balaban J connectivity index is 2.13. The highest BCUT2D eigenvalue weighted by molar-refractivity contribution is 5.82. The van der Waals surface area contributed by atoms with Gasteiger partial charge in [-0.1, -0.05) is 0 Å². The van der Waals surface area contributed by atoms with Gasteiger partial charge in [0.1, 0.15) is 5.82 Å². The van der Waals surface area contributed by atoms with Gasteiger partial charge < -0.3 is 0 Å². The van der Waals surface area contributed by atoms with Crippen molar-refractivity contribution in [2.75, 3.05) is 0 Å². The Morgan fingerprint density at radius 2 is 1.67 bits per heavy atom. The summed E-state index contributed by atoms with van der Waals surface area (Å²) >= 11 is 0. The lowest BCUT2D eigenvalue weighted by Crippen LogP contribution is -1.88. The van der Waals surface area contributed by atoms with Gasteiger partial charge in [-0.2, -0.15) is 0 Å². The second kappa shape index (κ2) is 5.18. The third-order valence-electron chi connectivity index (χ3n) is 2.29. The number of nitro benzene ring substituents is 1. The van der Waals surface area contributed by atoms with E-state index in [0.29, 0.717) is 5.69 Å². The number of hydrogen-bond acceptors (Lipinski definition) is 3. The van der Waals surface area contributed by atoms with Crippen molar-refractivity contribution in [3.8, 4) is 0 Å². The van der Waals surface area contributed by atoms with E-state index >= 15 is 0 Å². The summed E-state index contributed by atoms with van der Waals surface area (Å²) in [5.74, 6) is -0.315. The minimum atomic E-state index is -0.457. The van der Waals surface area contributed by atoms with E-state index in [1.165, 1.54) is 24.3 Å². The van der Waals surface area contributed by atoms with Gasteiger partial charge in [-0.15, -0.1) is 0 Å². The van der Waals surface area contributed by atoms with Crippen molar-refractivity contribution in [3.63, 3.8) is 0 Å². The number of benzene rings is 2. The molecular formula is C13H9FN2O2. The first-order valence-corrected chi connectivity index (χ1v) is 5.19. The molecule has 0 fully saturated rings. The number of nitro groups is 1. The van der Waals surface area contributed by atoms with Crippen LogP contribution in [0.5, 0.6) is 0 Å². The van der Waals surface area contributed by atoms with E-state index in [1.807, 2.05) is 0 Å². The maximum Gasteiger partial charge on any atom is 0.269 e. The largest absolute Gasteiger partial charge is 0.269 e. The van der Waals surface area contributed by atoms with Crippen molar-refractivity contribution in [2.45, 2.75) is 0 Å².